The Balaban J connectivity index is 1.67. The standard InChI is InChI=1S/C25H21F4N5O4S/c1-2-13(21(36)37)11-32-20(35)16-5-4-14(9-18(16)26)34-23(39)33(22(38)24(34)6-3-7-24)15-8-17(25(27,28)29)19(10-30)31-12-15/h4-5,8-9,12-13H,2-3,6-7,11H2,1H3,(H,32,35)(H,36,37). The number of hydrogen-bond acceptors (Lipinski definition) is 6. The summed E-state index contributed by atoms with van der Waals surface area (Å²) in [7, 11) is 0. The number of pyridine rings is 1. The number of aromatic nitrogens is 1. The molecule has 1 atom stereocenters. The van der Waals surface area contributed by atoms with Crippen LogP contribution < -0.4 is 15.1 Å². The number of nitriles is 1. The van der Waals surface area contributed by atoms with E-state index in [0.29, 0.717) is 25.3 Å². The van der Waals surface area contributed by atoms with Gasteiger partial charge in [0.1, 0.15) is 17.4 Å². The zero-order valence-corrected chi connectivity index (χ0v) is 21.2. The van der Waals surface area contributed by atoms with Crippen molar-refractivity contribution < 1.29 is 37.1 Å². The molecule has 2 fully saturated rings. The average molecular weight is 564 g/mol. The number of nitrogens with one attached hydrogen (secondary N) is 1. The molecule has 2 amide bonds. The minimum atomic E-state index is -4.91. The number of halogens is 4. The molecule has 1 saturated carbocycles. The van der Waals surface area contributed by atoms with Gasteiger partial charge < -0.3 is 15.3 Å². The molecule has 1 unspecified atom stereocenters. The van der Waals surface area contributed by atoms with Gasteiger partial charge in [0.25, 0.3) is 11.8 Å². The number of amides is 2. The Labute approximate surface area is 225 Å². The van der Waals surface area contributed by atoms with Gasteiger partial charge >= 0.3 is 12.1 Å². The van der Waals surface area contributed by atoms with Crippen molar-refractivity contribution in [1.82, 2.24) is 10.3 Å². The lowest BCUT2D eigenvalue weighted by atomic mass is 9.75. The molecule has 1 spiro atoms. The minimum Gasteiger partial charge on any atom is -0.481 e. The number of benzene rings is 1. The fraction of sp³-hybridized carbons (Fsp3) is 0.360. The van der Waals surface area contributed by atoms with Crippen LogP contribution in [0.15, 0.2) is 30.5 Å². The second-order valence-corrected chi connectivity index (χ2v) is 9.53. The number of alkyl halides is 3. The molecular formula is C25H21F4N5O4S. The normalized spacial score (nSPS) is 17.1. The molecule has 1 aliphatic carbocycles. The van der Waals surface area contributed by atoms with Crippen molar-refractivity contribution in [3.63, 3.8) is 0 Å². The third-order valence-corrected chi connectivity index (χ3v) is 7.31. The topological polar surface area (TPSA) is 127 Å². The highest BCUT2D eigenvalue weighted by atomic mass is 32.1. The van der Waals surface area contributed by atoms with Gasteiger partial charge in [-0.25, -0.2) is 9.37 Å². The number of carboxylic acids is 1. The Bertz CT molecular complexity index is 1420. The van der Waals surface area contributed by atoms with E-state index >= 15 is 4.39 Å². The molecule has 1 saturated heterocycles. The quantitative estimate of drug-likeness (QED) is 0.382. The van der Waals surface area contributed by atoms with Gasteiger partial charge in [0.2, 0.25) is 0 Å². The molecule has 39 heavy (non-hydrogen) atoms. The molecule has 2 aromatic rings. The smallest absolute Gasteiger partial charge is 0.419 e. The first-order chi connectivity index (χ1) is 18.4. The van der Waals surface area contributed by atoms with Gasteiger partial charge in [0, 0.05) is 12.2 Å². The van der Waals surface area contributed by atoms with E-state index in [1.165, 1.54) is 17.0 Å². The van der Waals surface area contributed by atoms with Crippen LogP contribution in [0.25, 0.3) is 0 Å². The Kier molecular flexibility index (Phi) is 7.31. The summed E-state index contributed by atoms with van der Waals surface area (Å²) in [6.07, 6.45) is -2.49. The second-order valence-electron chi connectivity index (χ2n) is 9.16. The fourth-order valence-corrected chi connectivity index (χ4v) is 5.10. The van der Waals surface area contributed by atoms with Crippen molar-refractivity contribution in [2.24, 2.45) is 5.92 Å². The average Bonchev–Trinajstić information content (AvgIpc) is 3.09. The van der Waals surface area contributed by atoms with Crippen molar-refractivity contribution >= 4 is 46.5 Å². The highest BCUT2D eigenvalue weighted by Gasteiger charge is 2.60. The maximum atomic E-state index is 15.1. The number of thiocarbonyl (C=S) groups is 1. The van der Waals surface area contributed by atoms with Crippen molar-refractivity contribution in [2.75, 3.05) is 16.3 Å². The Hall–Kier alpha value is -4.12. The van der Waals surface area contributed by atoms with Crippen LogP contribution in [0.4, 0.5) is 28.9 Å². The summed E-state index contributed by atoms with van der Waals surface area (Å²) in [5, 5.41) is 20.3. The molecule has 9 nitrogen and oxygen atoms in total. The molecule has 2 heterocycles. The van der Waals surface area contributed by atoms with Crippen LogP contribution in [0.1, 0.15) is 54.2 Å². The van der Waals surface area contributed by atoms with Crippen LogP contribution in [0.3, 0.4) is 0 Å². The molecule has 4 rings (SSSR count). The van der Waals surface area contributed by atoms with Crippen LogP contribution in [-0.4, -0.2) is 45.1 Å². The first-order valence-corrected chi connectivity index (χ1v) is 12.2. The summed E-state index contributed by atoms with van der Waals surface area (Å²) in [5.41, 5.74) is -3.97. The molecule has 2 aliphatic rings. The van der Waals surface area contributed by atoms with E-state index < -0.39 is 52.5 Å². The summed E-state index contributed by atoms with van der Waals surface area (Å²) < 4.78 is 55.7. The van der Waals surface area contributed by atoms with E-state index in [2.05, 4.69) is 10.3 Å². The summed E-state index contributed by atoms with van der Waals surface area (Å²) in [6, 6.07) is 5.51. The minimum absolute atomic E-state index is 0.110. The molecule has 204 valence electrons. The van der Waals surface area contributed by atoms with Gasteiger partial charge in [-0.2, -0.15) is 18.4 Å². The number of aliphatic carboxylic acids is 1. The Morgan fingerprint density at radius 3 is 2.49 bits per heavy atom. The zero-order chi connectivity index (χ0) is 28.7. The first-order valence-electron chi connectivity index (χ1n) is 11.8. The Morgan fingerprint density at radius 1 is 1.28 bits per heavy atom. The molecule has 0 bridgehead atoms. The molecule has 14 heteroatoms. The third-order valence-electron chi connectivity index (χ3n) is 6.94. The fourth-order valence-electron chi connectivity index (χ4n) is 4.63. The molecular weight excluding hydrogens is 542 g/mol. The van der Waals surface area contributed by atoms with E-state index in [1.807, 2.05) is 0 Å². The second kappa shape index (κ2) is 10.2. The molecule has 0 radical (unpaired) electrons. The molecule has 1 aromatic heterocycles. The number of nitrogens with zero attached hydrogens (tertiary/aromatic N) is 4. The van der Waals surface area contributed by atoms with Gasteiger partial charge in [0.05, 0.1) is 28.9 Å². The predicted octanol–water partition coefficient (Wildman–Crippen LogP) is 4.01. The van der Waals surface area contributed by atoms with E-state index in [0.717, 1.165) is 23.2 Å². The highest BCUT2D eigenvalue weighted by molar-refractivity contribution is 7.81. The van der Waals surface area contributed by atoms with Crippen LogP contribution in [0.5, 0.6) is 0 Å². The van der Waals surface area contributed by atoms with Crippen LogP contribution in [-0.2, 0) is 15.8 Å². The van der Waals surface area contributed by atoms with Gasteiger partial charge in [-0.15, -0.1) is 0 Å². The van der Waals surface area contributed by atoms with Gasteiger partial charge in [-0.1, -0.05) is 6.92 Å². The SMILES string of the molecule is CCC(CNC(=O)c1ccc(N2C(=S)N(c3cnc(C#N)c(C(F)(F)F)c3)C(=O)C23CCC3)cc1F)C(=O)O. The number of rotatable bonds is 7. The van der Waals surface area contributed by atoms with E-state index in [1.54, 1.807) is 6.92 Å². The van der Waals surface area contributed by atoms with E-state index in [4.69, 9.17) is 22.6 Å². The Morgan fingerprint density at radius 2 is 1.97 bits per heavy atom. The number of hydrogen-bond donors (Lipinski definition) is 2. The van der Waals surface area contributed by atoms with Crippen molar-refractivity contribution in [3.05, 3.63) is 53.1 Å². The molecule has 1 aromatic carbocycles. The zero-order valence-electron chi connectivity index (χ0n) is 20.4. The predicted molar refractivity (Wildman–Crippen MR) is 133 cm³/mol. The number of carboxylic acid groups (broad SMARTS) is 1. The van der Waals surface area contributed by atoms with Crippen molar-refractivity contribution in [3.8, 4) is 6.07 Å². The van der Waals surface area contributed by atoms with Crippen LogP contribution >= 0.6 is 12.2 Å². The van der Waals surface area contributed by atoms with Gasteiger partial charge in [-0.3, -0.25) is 19.3 Å². The first kappa shape index (κ1) is 27.9. The van der Waals surface area contributed by atoms with E-state index in [-0.39, 0.29) is 35.0 Å². The summed E-state index contributed by atoms with van der Waals surface area (Å²) in [6.45, 7) is 1.44. The number of anilines is 2. The maximum absolute atomic E-state index is 15.1. The van der Waals surface area contributed by atoms with Crippen molar-refractivity contribution in [1.29, 1.82) is 5.26 Å². The van der Waals surface area contributed by atoms with Crippen molar-refractivity contribution in [2.45, 2.75) is 44.3 Å². The summed E-state index contributed by atoms with van der Waals surface area (Å²) >= 11 is 5.49. The summed E-state index contributed by atoms with van der Waals surface area (Å²) in [5.74, 6) is -4.35. The van der Waals surface area contributed by atoms with Gasteiger partial charge in [0.15, 0.2) is 10.8 Å². The molecule has 2 N–H and O–H groups in total. The third kappa shape index (κ3) is 4.78. The maximum Gasteiger partial charge on any atom is 0.419 e. The molecule has 1 aliphatic heterocycles. The van der Waals surface area contributed by atoms with Crippen LogP contribution in [0, 0.1) is 23.1 Å². The number of carbonyl (C=O) groups excluding carboxylic acids is 2. The largest absolute Gasteiger partial charge is 0.481 e. The lowest BCUT2D eigenvalue weighted by Gasteiger charge is -2.43. The highest BCUT2D eigenvalue weighted by Crippen LogP contribution is 2.48. The lowest BCUT2D eigenvalue weighted by molar-refractivity contribution is -0.141. The van der Waals surface area contributed by atoms with Gasteiger partial charge in [-0.05, 0) is 62.2 Å². The van der Waals surface area contributed by atoms with E-state index in [9.17, 15) is 27.6 Å². The van der Waals surface area contributed by atoms with Crippen LogP contribution in [0.2, 0.25) is 0 Å². The lowest BCUT2D eigenvalue weighted by Crippen LogP contribution is -2.55. The summed E-state index contributed by atoms with van der Waals surface area (Å²) in [4.78, 5) is 43.0. The monoisotopic (exact) mass is 563 g/mol. The number of carbonyl (C=O) groups is 3.